The first-order valence-electron chi connectivity index (χ1n) is 8.09. The Morgan fingerprint density at radius 2 is 1.81 bits per heavy atom. The first-order valence-corrected chi connectivity index (χ1v) is 8.84. The van der Waals surface area contributed by atoms with Crippen molar-refractivity contribution in [2.75, 3.05) is 13.6 Å². The molecule has 4 nitrogen and oxygen atoms in total. The highest BCUT2D eigenvalue weighted by Crippen LogP contribution is 2.20. The van der Waals surface area contributed by atoms with E-state index in [1.54, 1.807) is 37.4 Å². The molecule has 0 spiro atoms. The molecule has 7 heteroatoms. The molecule has 0 unspecified atom stereocenters. The monoisotopic (exact) mass is 396 g/mol. The van der Waals surface area contributed by atoms with Crippen LogP contribution in [-0.4, -0.2) is 30.3 Å². The summed E-state index contributed by atoms with van der Waals surface area (Å²) in [6.45, 7) is 0.461. The highest BCUT2D eigenvalue weighted by atomic mass is 35.5. The minimum atomic E-state index is -0.438. The molecule has 0 atom stereocenters. The van der Waals surface area contributed by atoms with Crippen LogP contribution in [0.25, 0.3) is 0 Å². The number of carbonyl (C=O) groups is 2. The van der Waals surface area contributed by atoms with Gasteiger partial charge in [0.2, 0.25) is 5.91 Å². The molecule has 0 saturated heterocycles. The number of benzene rings is 2. The van der Waals surface area contributed by atoms with Crippen molar-refractivity contribution in [3.05, 3.63) is 69.5 Å². The van der Waals surface area contributed by atoms with Crippen molar-refractivity contribution < 1.29 is 14.0 Å². The van der Waals surface area contributed by atoms with Crippen LogP contribution in [-0.2, 0) is 11.3 Å². The van der Waals surface area contributed by atoms with Crippen LogP contribution in [0.4, 0.5) is 4.39 Å². The lowest BCUT2D eigenvalue weighted by Gasteiger charge is -2.18. The van der Waals surface area contributed by atoms with Gasteiger partial charge in [0.15, 0.2) is 0 Å². The molecule has 2 aromatic carbocycles. The number of amides is 2. The molecule has 0 heterocycles. The fourth-order valence-corrected chi connectivity index (χ4v) is 2.69. The maximum absolute atomic E-state index is 13.8. The molecule has 138 valence electrons. The molecule has 26 heavy (non-hydrogen) atoms. The van der Waals surface area contributed by atoms with Gasteiger partial charge in [-0.05, 0) is 42.8 Å². The van der Waals surface area contributed by atoms with Gasteiger partial charge in [-0.25, -0.2) is 4.39 Å². The minimum absolute atomic E-state index is 0.0987. The van der Waals surface area contributed by atoms with Crippen LogP contribution in [0.5, 0.6) is 0 Å². The summed E-state index contributed by atoms with van der Waals surface area (Å²) in [5.74, 6) is -0.807. The van der Waals surface area contributed by atoms with E-state index in [1.807, 2.05) is 0 Å². The fraction of sp³-hybridized carbons (Fsp3) is 0.263. The van der Waals surface area contributed by atoms with Crippen LogP contribution >= 0.6 is 23.2 Å². The van der Waals surface area contributed by atoms with Crippen LogP contribution in [0.3, 0.4) is 0 Å². The number of rotatable bonds is 7. The Kier molecular flexibility index (Phi) is 7.42. The van der Waals surface area contributed by atoms with Gasteiger partial charge in [-0.2, -0.15) is 0 Å². The summed E-state index contributed by atoms with van der Waals surface area (Å²) in [5, 5.41) is 3.60. The lowest BCUT2D eigenvalue weighted by atomic mass is 10.2. The molecule has 0 aliphatic rings. The van der Waals surface area contributed by atoms with Gasteiger partial charge >= 0.3 is 0 Å². The minimum Gasteiger partial charge on any atom is -0.352 e. The molecule has 0 aromatic heterocycles. The summed E-state index contributed by atoms with van der Waals surface area (Å²) < 4.78 is 13.8. The fourth-order valence-electron chi connectivity index (χ4n) is 2.34. The van der Waals surface area contributed by atoms with E-state index in [4.69, 9.17) is 23.2 Å². The summed E-state index contributed by atoms with van der Waals surface area (Å²) in [7, 11) is 1.59. The Balaban J connectivity index is 1.76. The molecule has 2 amide bonds. The van der Waals surface area contributed by atoms with Gasteiger partial charge in [-0.3, -0.25) is 9.59 Å². The number of nitrogens with zero attached hydrogens (tertiary/aromatic N) is 1. The third-order valence-corrected chi connectivity index (χ3v) is 4.45. The topological polar surface area (TPSA) is 49.4 Å². The Bertz CT molecular complexity index is 761. The standard InChI is InChI=1S/C19H19Cl2FN2O2/c1-24(12-15-16(21)4-2-5-17(15)22)18(25)6-3-11-23-19(26)13-7-9-14(20)10-8-13/h2,4-5,7-10H,3,6,11-12H2,1H3,(H,23,26). The van der Waals surface area contributed by atoms with Crippen LogP contribution in [0.2, 0.25) is 10.0 Å². The van der Waals surface area contributed by atoms with Crippen molar-refractivity contribution in [2.45, 2.75) is 19.4 Å². The van der Waals surface area contributed by atoms with Crippen LogP contribution in [0, 0.1) is 5.82 Å². The van der Waals surface area contributed by atoms with Crippen molar-refractivity contribution in [1.29, 1.82) is 0 Å². The molecule has 2 aromatic rings. The van der Waals surface area contributed by atoms with Crippen molar-refractivity contribution in [3.63, 3.8) is 0 Å². The molecule has 0 aliphatic heterocycles. The van der Waals surface area contributed by atoms with Crippen molar-refractivity contribution in [3.8, 4) is 0 Å². The smallest absolute Gasteiger partial charge is 0.251 e. The van der Waals surface area contributed by atoms with E-state index in [0.717, 1.165) is 0 Å². The predicted octanol–water partition coefficient (Wildman–Crippen LogP) is 4.30. The zero-order chi connectivity index (χ0) is 19.1. The van der Waals surface area contributed by atoms with Gasteiger partial charge in [-0.15, -0.1) is 0 Å². The third kappa shape index (κ3) is 5.71. The Morgan fingerprint density at radius 3 is 2.46 bits per heavy atom. The third-order valence-electron chi connectivity index (χ3n) is 3.84. The van der Waals surface area contributed by atoms with E-state index in [1.165, 1.54) is 17.0 Å². The van der Waals surface area contributed by atoms with Gasteiger partial charge in [0.25, 0.3) is 5.91 Å². The Labute approximate surface area is 161 Å². The second kappa shape index (κ2) is 9.55. The maximum atomic E-state index is 13.8. The van der Waals surface area contributed by atoms with E-state index >= 15 is 0 Å². The lowest BCUT2D eigenvalue weighted by molar-refractivity contribution is -0.130. The first kappa shape index (κ1) is 20.2. The van der Waals surface area contributed by atoms with E-state index in [9.17, 15) is 14.0 Å². The molecule has 1 N–H and O–H groups in total. The summed E-state index contributed by atoms with van der Waals surface area (Å²) in [5.41, 5.74) is 0.799. The maximum Gasteiger partial charge on any atom is 0.251 e. The Hall–Kier alpha value is -2.11. The SMILES string of the molecule is CN(Cc1c(F)cccc1Cl)C(=O)CCCNC(=O)c1ccc(Cl)cc1. The van der Waals surface area contributed by atoms with E-state index in [-0.39, 0.29) is 24.8 Å². The first-order chi connectivity index (χ1) is 12.4. The van der Waals surface area contributed by atoms with Crippen molar-refractivity contribution in [1.82, 2.24) is 10.2 Å². The zero-order valence-electron chi connectivity index (χ0n) is 14.3. The molecule has 0 fully saturated rings. The van der Waals surface area contributed by atoms with Crippen LogP contribution < -0.4 is 5.32 Å². The second-order valence-electron chi connectivity index (χ2n) is 5.82. The average Bonchev–Trinajstić information content (AvgIpc) is 2.62. The van der Waals surface area contributed by atoms with Crippen molar-refractivity contribution >= 4 is 35.0 Å². The van der Waals surface area contributed by atoms with E-state index in [0.29, 0.717) is 34.1 Å². The van der Waals surface area contributed by atoms with Gasteiger partial charge < -0.3 is 10.2 Å². The summed E-state index contributed by atoms with van der Waals surface area (Å²) in [4.78, 5) is 25.5. The number of halogens is 3. The highest BCUT2D eigenvalue weighted by Gasteiger charge is 2.14. The largest absolute Gasteiger partial charge is 0.352 e. The summed E-state index contributed by atoms with van der Waals surface area (Å²) in [6.07, 6.45) is 0.719. The second-order valence-corrected chi connectivity index (χ2v) is 6.66. The van der Waals surface area contributed by atoms with Gasteiger partial charge in [0.05, 0.1) is 0 Å². The van der Waals surface area contributed by atoms with Crippen molar-refractivity contribution in [2.24, 2.45) is 0 Å². The molecule has 0 aliphatic carbocycles. The quantitative estimate of drug-likeness (QED) is 0.709. The number of nitrogens with one attached hydrogen (secondary N) is 1. The number of hydrogen-bond donors (Lipinski definition) is 1. The van der Waals surface area contributed by atoms with Gasteiger partial charge in [0.1, 0.15) is 5.82 Å². The molecular formula is C19H19Cl2FN2O2. The normalized spacial score (nSPS) is 10.5. The molecular weight excluding hydrogens is 378 g/mol. The van der Waals surface area contributed by atoms with Crippen LogP contribution in [0.15, 0.2) is 42.5 Å². The average molecular weight is 397 g/mol. The molecule has 0 radical (unpaired) electrons. The summed E-state index contributed by atoms with van der Waals surface area (Å²) >= 11 is 11.8. The van der Waals surface area contributed by atoms with Crippen LogP contribution in [0.1, 0.15) is 28.8 Å². The number of carbonyl (C=O) groups excluding carboxylic acids is 2. The van der Waals surface area contributed by atoms with Gasteiger partial charge in [-0.1, -0.05) is 29.3 Å². The predicted molar refractivity (Wildman–Crippen MR) is 101 cm³/mol. The van der Waals surface area contributed by atoms with Gasteiger partial charge in [0, 0.05) is 47.7 Å². The lowest BCUT2D eigenvalue weighted by Crippen LogP contribution is -2.29. The molecule has 0 saturated carbocycles. The molecule has 2 rings (SSSR count). The Morgan fingerprint density at radius 1 is 1.12 bits per heavy atom. The van der Waals surface area contributed by atoms with E-state index in [2.05, 4.69) is 5.32 Å². The molecule has 0 bridgehead atoms. The zero-order valence-corrected chi connectivity index (χ0v) is 15.8. The number of hydrogen-bond acceptors (Lipinski definition) is 2. The summed E-state index contributed by atoms with van der Waals surface area (Å²) in [6, 6.07) is 11.0. The van der Waals surface area contributed by atoms with E-state index < -0.39 is 5.82 Å². The highest BCUT2D eigenvalue weighted by molar-refractivity contribution is 6.31.